The summed E-state index contributed by atoms with van der Waals surface area (Å²) in [6.07, 6.45) is 3.57. The van der Waals surface area contributed by atoms with Crippen LogP contribution in [0.25, 0.3) is 0 Å². The maximum Gasteiger partial charge on any atom is 0.359 e. The van der Waals surface area contributed by atoms with Crippen LogP contribution in [0.5, 0.6) is 0 Å². The van der Waals surface area contributed by atoms with Gasteiger partial charge in [-0.05, 0) is 39.0 Å². The lowest BCUT2D eigenvalue weighted by atomic mass is 9.64. The summed E-state index contributed by atoms with van der Waals surface area (Å²) >= 11 is 0. The maximum atomic E-state index is 11.9. The van der Waals surface area contributed by atoms with Crippen molar-refractivity contribution in [3.63, 3.8) is 0 Å². The number of aromatic nitrogens is 2. The minimum Gasteiger partial charge on any atom is -0.461 e. The van der Waals surface area contributed by atoms with Crippen LogP contribution in [-0.4, -0.2) is 22.4 Å². The zero-order valence-corrected chi connectivity index (χ0v) is 10.4. The van der Waals surface area contributed by atoms with Gasteiger partial charge in [-0.1, -0.05) is 0 Å². The van der Waals surface area contributed by atoms with E-state index in [0.717, 1.165) is 24.4 Å². The second-order valence-corrected chi connectivity index (χ2v) is 4.99. The molecule has 1 aromatic rings. The van der Waals surface area contributed by atoms with Crippen molar-refractivity contribution in [3.05, 3.63) is 17.0 Å². The third-order valence-corrected chi connectivity index (χ3v) is 3.98. The molecule has 0 N–H and O–H groups in total. The van der Waals surface area contributed by atoms with E-state index < -0.39 is 0 Å². The lowest BCUT2D eigenvalue weighted by Crippen LogP contribution is -2.32. The second-order valence-electron chi connectivity index (χ2n) is 4.99. The normalized spacial score (nSPS) is 25.1. The van der Waals surface area contributed by atoms with Gasteiger partial charge in [-0.15, -0.1) is 0 Å². The summed E-state index contributed by atoms with van der Waals surface area (Å²) in [6.45, 7) is 5.16. The van der Waals surface area contributed by atoms with E-state index in [0.29, 0.717) is 18.2 Å². The number of nitrogens with zero attached hydrogens (tertiary/aromatic N) is 2. The van der Waals surface area contributed by atoms with Crippen molar-refractivity contribution in [2.75, 3.05) is 6.61 Å². The summed E-state index contributed by atoms with van der Waals surface area (Å²) in [4.78, 5) is 11.9. The van der Waals surface area contributed by atoms with E-state index in [1.54, 1.807) is 0 Å². The van der Waals surface area contributed by atoms with Gasteiger partial charge in [-0.3, -0.25) is 4.68 Å². The molecule has 0 saturated heterocycles. The van der Waals surface area contributed by atoms with Crippen LogP contribution in [0.2, 0.25) is 0 Å². The van der Waals surface area contributed by atoms with Crippen LogP contribution in [0.15, 0.2) is 0 Å². The van der Waals surface area contributed by atoms with E-state index >= 15 is 0 Å². The average molecular weight is 234 g/mol. The van der Waals surface area contributed by atoms with Crippen molar-refractivity contribution in [1.29, 1.82) is 0 Å². The predicted octanol–water partition coefficient (Wildman–Crippen LogP) is 2.13. The smallest absolute Gasteiger partial charge is 0.359 e. The van der Waals surface area contributed by atoms with E-state index in [1.165, 1.54) is 18.5 Å². The maximum absolute atomic E-state index is 11.9. The summed E-state index contributed by atoms with van der Waals surface area (Å²) in [5.41, 5.74) is 3.04. The Morgan fingerprint density at radius 3 is 2.88 bits per heavy atom. The van der Waals surface area contributed by atoms with Crippen molar-refractivity contribution < 1.29 is 9.53 Å². The molecule has 17 heavy (non-hydrogen) atoms. The van der Waals surface area contributed by atoms with Crippen molar-refractivity contribution in [2.24, 2.45) is 5.92 Å². The Balaban J connectivity index is 2.03. The summed E-state index contributed by atoms with van der Waals surface area (Å²) in [5, 5.41) is 4.45. The van der Waals surface area contributed by atoms with E-state index in [2.05, 4.69) is 12.0 Å². The van der Waals surface area contributed by atoms with Gasteiger partial charge < -0.3 is 4.74 Å². The minimum absolute atomic E-state index is 0.253. The van der Waals surface area contributed by atoms with Gasteiger partial charge in [-0.2, -0.15) is 5.10 Å². The molecular weight excluding hydrogens is 216 g/mol. The molecule has 2 bridgehead atoms. The van der Waals surface area contributed by atoms with Crippen molar-refractivity contribution in [3.8, 4) is 0 Å². The Morgan fingerprint density at radius 1 is 1.47 bits per heavy atom. The number of hydrogen-bond acceptors (Lipinski definition) is 3. The molecular formula is C13H18N2O2. The third-order valence-electron chi connectivity index (χ3n) is 3.98. The van der Waals surface area contributed by atoms with E-state index in [4.69, 9.17) is 4.74 Å². The number of esters is 1. The van der Waals surface area contributed by atoms with E-state index in [1.807, 2.05) is 11.6 Å². The van der Waals surface area contributed by atoms with E-state index in [9.17, 15) is 4.79 Å². The molecule has 1 saturated carbocycles. The molecule has 0 spiro atoms. The topological polar surface area (TPSA) is 44.1 Å². The number of rotatable bonds is 3. The fourth-order valence-corrected chi connectivity index (χ4v) is 3.19. The summed E-state index contributed by atoms with van der Waals surface area (Å²) in [7, 11) is 0. The molecule has 4 nitrogen and oxygen atoms in total. The van der Waals surface area contributed by atoms with Crippen LogP contribution < -0.4 is 0 Å². The number of ether oxygens (including phenoxy) is 1. The molecule has 3 aliphatic rings. The zero-order valence-electron chi connectivity index (χ0n) is 10.4. The average Bonchev–Trinajstić information content (AvgIpc) is 2.67. The molecule has 0 unspecified atom stereocenters. The first-order valence-electron chi connectivity index (χ1n) is 6.51. The molecule has 3 aliphatic carbocycles. The first-order valence-corrected chi connectivity index (χ1v) is 6.51. The lowest BCUT2D eigenvalue weighted by molar-refractivity contribution is 0.0516. The first kappa shape index (κ1) is 10.8. The van der Waals surface area contributed by atoms with Crippen LogP contribution in [0.4, 0.5) is 0 Å². The van der Waals surface area contributed by atoms with Crippen molar-refractivity contribution >= 4 is 5.97 Å². The Labute approximate surface area is 101 Å². The van der Waals surface area contributed by atoms with E-state index in [-0.39, 0.29) is 5.97 Å². The highest BCUT2D eigenvalue weighted by Crippen LogP contribution is 2.50. The van der Waals surface area contributed by atoms with Gasteiger partial charge in [0.15, 0.2) is 5.69 Å². The molecule has 0 atom stereocenters. The Bertz CT molecular complexity index is 458. The highest BCUT2D eigenvalue weighted by molar-refractivity contribution is 5.89. The molecule has 1 fully saturated rings. The van der Waals surface area contributed by atoms with Gasteiger partial charge >= 0.3 is 5.97 Å². The van der Waals surface area contributed by atoms with Gasteiger partial charge in [0.2, 0.25) is 0 Å². The van der Waals surface area contributed by atoms with Crippen molar-refractivity contribution in [2.45, 2.75) is 45.6 Å². The first-order chi connectivity index (χ1) is 8.24. The molecule has 0 amide bonds. The molecule has 92 valence electrons. The molecule has 1 aromatic heterocycles. The Hall–Kier alpha value is -1.32. The predicted molar refractivity (Wildman–Crippen MR) is 63.0 cm³/mol. The molecule has 1 heterocycles. The molecule has 0 aromatic carbocycles. The van der Waals surface area contributed by atoms with Crippen LogP contribution in [-0.2, 0) is 17.7 Å². The zero-order chi connectivity index (χ0) is 12.0. The Morgan fingerprint density at radius 2 is 2.24 bits per heavy atom. The quantitative estimate of drug-likeness (QED) is 0.752. The largest absolute Gasteiger partial charge is 0.461 e. The molecule has 0 radical (unpaired) electrons. The number of carbonyl (C=O) groups is 1. The molecule has 4 rings (SSSR count). The van der Waals surface area contributed by atoms with Gasteiger partial charge in [0.25, 0.3) is 0 Å². The Kier molecular flexibility index (Phi) is 2.45. The standard InChI is InChI=1S/C13H18N2O2/c1-3-15-12-9-5-8(6-9)7-10(12)11(14-15)13(16)17-4-2/h8-9H,3-7H2,1-2H3. The highest BCUT2D eigenvalue weighted by Gasteiger charge is 2.42. The summed E-state index contributed by atoms with van der Waals surface area (Å²) < 4.78 is 7.09. The van der Waals surface area contributed by atoms with Crippen LogP contribution >= 0.6 is 0 Å². The van der Waals surface area contributed by atoms with Gasteiger partial charge in [0.05, 0.1) is 6.61 Å². The van der Waals surface area contributed by atoms with Gasteiger partial charge in [0, 0.05) is 23.7 Å². The fourth-order valence-electron chi connectivity index (χ4n) is 3.19. The monoisotopic (exact) mass is 234 g/mol. The lowest BCUT2D eigenvalue weighted by Gasteiger charge is -2.41. The third kappa shape index (κ3) is 1.50. The van der Waals surface area contributed by atoms with Crippen molar-refractivity contribution in [1.82, 2.24) is 9.78 Å². The number of aryl methyl sites for hydroxylation is 1. The van der Waals surface area contributed by atoms with Gasteiger partial charge in [0.1, 0.15) is 0 Å². The molecule has 0 aliphatic heterocycles. The highest BCUT2D eigenvalue weighted by atomic mass is 16.5. The van der Waals surface area contributed by atoms with Crippen LogP contribution in [0.1, 0.15) is 54.4 Å². The SMILES string of the molecule is CCOC(=O)c1nn(CC)c2c1CC1CC2C1. The minimum atomic E-state index is -0.253. The van der Waals surface area contributed by atoms with Crippen LogP contribution in [0.3, 0.4) is 0 Å². The fraction of sp³-hybridized carbons (Fsp3) is 0.692. The van der Waals surface area contributed by atoms with Gasteiger partial charge in [-0.25, -0.2) is 4.79 Å². The second kappa shape index (κ2) is 3.86. The van der Waals surface area contributed by atoms with Crippen LogP contribution in [0, 0.1) is 5.92 Å². The summed E-state index contributed by atoms with van der Waals surface area (Å²) in [5.74, 6) is 1.16. The summed E-state index contributed by atoms with van der Waals surface area (Å²) in [6, 6.07) is 0. The molecule has 4 heteroatoms. The number of carbonyl (C=O) groups excluding carboxylic acids is 1. The number of hydrogen-bond donors (Lipinski definition) is 0.